The fourth-order valence-electron chi connectivity index (χ4n) is 0.820. The summed E-state index contributed by atoms with van der Waals surface area (Å²) in [6, 6.07) is 2.02. The molecule has 0 amide bonds. The van der Waals surface area contributed by atoms with Crippen molar-refractivity contribution >= 4 is 19.3 Å². The molecule has 0 aliphatic carbocycles. The van der Waals surface area contributed by atoms with Gasteiger partial charge in [0.1, 0.15) is 0 Å². The first-order chi connectivity index (χ1) is 5.15. The van der Waals surface area contributed by atoms with Gasteiger partial charge in [-0.15, -0.1) is 0 Å². The van der Waals surface area contributed by atoms with E-state index < -0.39 is 0 Å². The summed E-state index contributed by atoms with van der Waals surface area (Å²) in [7, 11) is 7.76. The average molecular weight is 152 g/mol. The molecule has 0 spiro atoms. The molecule has 60 valence electrons. The van der Waals surface area contributed by atoms with Crippen molar-refractivity contribution in [2.45, 2.75) is 0 Å². The molecular weight excluding hydrogens is 139 g/mol. The minimum Gasteiger partial charge on any atom is -0.294 e. The fourth-order valence-corrected chi connectivity index (χ4v) is 0.820. The molecule has 1 aromatic heterocycles. The number of rotatable bonds is 2. The number of hydrogen-bond acceptors (Lipinski definition) is 3. The highest BCUT2D eigenvalue weighted by Crippen LogP contribution is 2.01. The minimum atomic E-state index is 0.938. The third kappa shape index (κ3) is 1.54. The van der Waals surface area contributed by atoms with Crippen LogP contribution in [0.4, 0.5) is 5.82 Å². The minimum absolute atomic E-state index is 0.938. The predicted molar refractivity (Wildman–Crippen MR) is 48.8 cm³/mol. The van der Waals surface area contributed by atoms with Gasteiger partial charge in [0.2, 0.25) is 0 Å². The summed E-state index contributed by atoms with van der Waals surface area (Å²) in [6.07, 6.45) is 0. The van der Waals surface area contributed by atoms with Gasteiger partial charge in [-0.3, -0.25) is 9.69 Å². The van der Waals surface area contributed by atoms with Gasteiger partial charge in [0.05, 0.1) is 0 Å². The Morgan fingerprint density at radius 1 is 1.73 bits per heavy atom. The molecule has 1 rings (SSSR count). The largest absolute Gasteiger partial charge is 0.294 e. The normalized spacial score (nSPS) is 10.1. The molecule has 4 nitrogen and oxygen atoms in total. The van der Waals surface area contributed by atoms with Gasteiger partial charge in [0.15, 0.2) is 13.7 Å². The van der Waals surface area contributed by atoms with Crippen molar-refractivity contribution in [1.29, 1.82) is 0 Å². The van der Waals surface area contributed by atoms with Gasteiger partial charge in [0, 0.05) is 21.1 Å². The molecule has 0 aliphatic heterocycles. The van der Waals surface area contributed by atoms with Crippen LogP contribution >= 0.6 is 0 Å². The van der Waals surface area contributed by atoms with Crippen LogP contribution in [0.1, 0.15) is 0 Å². The van der Waals surface area contributed by atoms with Crippen molar-refractivity contribution in [3.05, 3.63) is 6.07 Å². The molecule has 0 fully saturated rings. The number of aryl methyl sites for hydroxylation is 1. The van der Waals surface area contributed by atoms with E-state index in [0.717, 1.165) is 11.4 Å². The first-order valence-electron chi connectivity index (χ1n) is 3.57. The molecule has 5 heteroatoms. The van der Waals surface area contributed by atoms with Crippen LogP contribution in [0.5, 0.6) is 0 Å². The number of nitrogens with one attached hydrogen (secondary N) is 1. The summed E-state index contributed by atoms with van der Waals surface area (Å²) in [6.45, 7) is 0. The van der Waals surface area contributed by atoms with Crippen LogP contribution in [0.15, 0.2) is 6.07 Å². The number of nitrogens with zero attached hydrogens (tertiary/aromatic N) is 3. The van der Waals surface area contributed by atoms with E-state index in [-0.39, 0.29) is 0 Å². The highest BCUT2D eigenvalue weighted by atomic mass is 15.5. The molecule has 1 N–H and O–H groups in total. The van der Waals surface area contributed by atoms with Crippen molar-refractivity contribution in [2.75, 3.05) is 19.1 Å². The van der Waals surface area contributed by atoms with E-state index in [2.05, 4.69) is 10.5 Å². The molecule has 0 aliphatic rings. The van der Waals surface area contributed by atoms with Crippen molar-refractivity contribution < 1.29 is 0 Å². The zero-order valence-electron chi connectivity index (χ0n) is 7.42. The monoisotopic (exact) mass is 152 g/mol. The van der Waals surface area contributed by atoms with Crippen LogP contribution in [0, 0.1) is 0 Å². The Hall–Kier alpha value is -0.965. The molecular formula is C6H13BN4. The van der Waals surface area contributed by atoms with Gasteiger partial charge in [-0.2, -0.15) is 5.10 Å². The summed E-state index contributed by atoms with van der Waals surface area (Å²) >= 11 is 0. The number of hydrogen-bond donors (Lipinski definition) is 1. The quantitative estimate of drug-likeness (QED) is 0.403. The number of anilines is 1. The smallest absolute Gasteiger partial charge is 0.163 e. The lowest BCUT2D eigenvalue weighted by molar-refractivity contribution is 0.731. The van der Waals surface area contributed by atoms with E-state index in [1.54, 1.807) is 0 Å². The maximum Gasteiger partial charge on any atom is 0.163 e. The van der Waals surface area contributed by atoms with E-state index in [0.29, 0.717) is 0 Å². The topological polar surface area (TPSA) is 33.1 Å². The van der Waals surface area contributed by atoms with E-state index in [4.69, 9.17) is 0 Å². The molecule has 1 heterocycles. The first-order valence-corrected chi connectivity index (χ1v) is 3.57. The Morgan fingerprint density at radius 2 is 2.36 bits per heavy atom. The van der Waals surface area contributed by atoms with Crippen molar-refractivity contribution in [3.63, 3.8) is 0 Å². The van der Waals surface area contributed by atoms with Crippen LogP contribution in [-0.2, 0) is 7.05 Å². The Kier molecular flexibility index (Phi) is 2.19. The van der Waals surface area contributed by atoms with Crippen molar-refractivity contribution in [3.8, 4) is 0 Å². The fraction of sp³-hybridized carbons (Fsp3) is 0.500. The van der Waals surface area contributed by atoms with Gasteiger partial charge in [0.25, 0.3) is 0 Å². The molecule has 0 bridgehead atoms. The summed E-state index contributed by atoms with van der Waals surface area (Å²) < 4.78 is 1.85. The second kappa shape index (κ2) is 2.96. The van der Waals surface area contributed by atoms with E-state index in [9.17, 15) is 0 Å². The van der Waals surface area contributed by atoms with Crippen LogP contribution in [0.25, 0.3) is 0 Å². The van der Waals surface area contributed by atoms with Crippen LogP contribution in [0.3, 0.4) is 0 Å². The zero-order valence-corrected chi connectivity index (χ0v) is 7.42. The van der Waals surface area contributed by atoms with Gasteiger partial charge < -0.3 is 0 Å². The highest BCUT2D eigenvalue weighted by molar-refractivity contribution is 6.31. The zero-order chi connectivity index (χ0) is 8.43. The Bertz CT molecular complexity index is 225. The molecule has 0 saturated heterocycles. The number of aromatic nitrogens is 2. The lowest BCUT2D eigenvalue weighted by atomic mass is 10.1. The SMILES string of the molecule is Bc1cc(N(C)NC)nn1C. The van der Waals surface area contributed by atoms with Crippen molar-refractivity contribution in [2.24, 2.45) is 7.05 Å². The van der Waals surface area contributed by atoms with Gasteiger partial charge in [-0.25, -0.2) is 5.43 Å². The molecule has 0 atom stereocenters. The molecule has 0 unspecified atom stereocenters. The van der Waals surface area contributed by atoms with Crippen molar-refractivity contribution in [1.82, 2.24) is 15.2 Å². The first kappa shape index (κ1) is 8.13. The van der Waals surface area contributed by atoms with Crippen LogP contribution in [0.2, 0.25) is 0 Å². The molecule has 1 aromatic rings. The Balaban J connectivity index is 2.88. The average Bonchev–Trinajstić information content (AvgIpc) is 2.31. The maximum atomic E-state index is 4.26. The lowest BCUT2D eigenvalue weighted by Gasteiger charge is -2.12. The standard InChI is InChI=1S/C6H13BN4/c1-8-11(3)6-4-5(7)10(2)9-6/h4,8H,7H2,1-3H3. The third-order valence-corrected chi connectivity index (χ3v) is 1.78. The van der Waals surface area contributed by atoms with E-state index in [1.165, 1.54) is 0 Å². The summed E-state index contributed by atoms with van der Waals surface area (Å²) in [4.78, 5) is 0. The van der Waals surface area contributed by atoms with Gasteiger partial charge in [-0.1, -0.05) is 0 Å². The lowest BCUT2D eigenvalue weighted by Crippen LogP contribution is -2.30. The second-order valence-corrected chi connectivity index (χ2v) is 2.55. The van der Waals surface area contributed by atoms with E-state index >= 15 is 0 Å². The highest BCUT2D eigenvalue weighted by Gasteiger charge is 2.02. The molecule has 0 radical (unpaired) electrons. The van der Waals surface area contributed by atoms with E-state index in [1.807, 2.05) is 44.7 Å². The number of hydrazine groups is 1. The van der Waals surface area contributed by atoms with Gasteiger partial charge in [-0.05, 0) is 11.7 Å². The summed E-state index contributed by atoms with van der Waals surface area (Å²) in [5, 5.41) is 6.13. The molecule has 11 heavy (non-hydrogen) atoms. The molecule has 0 saturated carbocycles. The Labute approximate surface area is 67.6 Å². The summed E-state index contributed by atoms with van der Waals surface area (Å²) in [5.41, 5.74) is 4.13. The molecule has 0 aromatic carbocycles. The van der Waals surface area contributed by atoms with Gasteiger partial charge >= 0.3 is 0 Å². The van der Waals surface area contributed by atoms with Crippen LogP contribution < -0.4 is 16.0 Å². The summed E-state index contributed by atoms with van der Waals surface area (Å²) in [5.74, 6) is 0.938. The third-order valence-electron chi connectivity index (χ3n) is 1.78. The predicted octanol–water partition coefficient (Wildman–Crippen LogP) is -1.75. The maximum absolute atomic E-state index is 4.26. The van der Waals surface area contributed by atoms with Crippen LogP contribution in [-0.4, -0.2) is 31.7 Å². The second-order valence-electron chi connectivity index (χ2n) is 2.55. The Morgan fingerprint density at radius 3 is 2.73 bits per heavy atom.